The first-order chi connectivity index (χ1) is 12.9. The molecule has 0 aromatic heterocycles. The molecule has 27 heavy (non-hydrogen) atoms. The van der Waals surface area contributed by atoms with Crippen molar-refractivity contribution < 1.29 is 19.4 Å². The smallest absolute Gasteiger partial charge is 0.266 e. The topological polar surface area (TPSA) is 66.8 Å². The third-order valence-electron chi connectivity index (χ3n) is 4.68. The number of imide groups is 1. The highest BCUT2D eigenvalue weighted by atomic mass is 16.5. The van der Waals surface area contributed by atoms with Gasteiger partial charge in [0.1, 0.15) is 17.2 Å². The number of hydrogen-bond donors (Lipinski definition) is 1. The Morgan fingerprint density at radius 2 is 1.37 bits per heavy atom. The van der Waals surface area contributed by atoms with Gasteiger partial charge in [-0.25, -0.2) is 4.90 Å². The van der Waals surface area contributed by atoms with E-state index in [1.165, 1.54) is 29.8 Å². The number of amides is 2. The molecule has 0 fully saturated rings. The maximum atomic E-state index is 12.8. The normalized spacial score (nSPS) is 13.0. The number of carbonyl (C=O) groups is 2. The van der Waals surface area contributed by atoms with Crippen molar-refractivity contribution in [1.82, 2.24) is 0 Å². The highest BCUT2D eigenvalue weighted by Crippen LogP contribution is 2.33. The summed E-state index contributed by atoms with van der Waals surface area (Å²) < 4.78 is 5.86. The number of fused-ring (bicyclic) bond motifs is 1. The van der Waals surface area contributed by atoms with Crippen LogP contribution in [0.4, 0.5) is 5.69 Å². The second kappa shape index (κ2) is 6.29. The molecule has 0 unspecified atom stereocenters. The lowest BCUT2D eigenvalue weighted by molar-refractivity contribution is 0.0926. The van der Waals surface area contributed by atoms with Gasteiger partial charge in [0.2, 0.25) is 0 Å². The van der Waals surface area contributed by atoms with E-state index >= 15 is 0 Å². The minimum Gasteiger partial charge on any atom is -0.508 e. The molecular weight excluding hydrogens is 342 g/mol. The molecule has 0 saturated carbocycles. The second-order valence-corrected chi connectivity index (χ2v) is 6.52. The van der Waals surface area contributed by atoms with E-state index < -0.39 is 11.8 Å². The average molecular weight is 359 g/mol. The number of aromatic hydroxyl groups is 1. The van der Waals surface area contributed by atoms with Crippen molar-refractivity contribution in [3.8, 4) is 17.2 Å². The minimum atomic E-state index is -0.411. The van der Waals surface area contributed by atoms with E-state index in [0.717, 1.165) is 10.5 Å². The highest BCUT2D eigenvalue weighted by Gasteiger charge is 2.37. The largest absolute Gasteiger partial charge is 0.508 e. The van der Waals surface area contributed by atoms with Crippen LogP contribution in [-0.2, 0) is 0 Å². The van der Waals surface area contributed by atoms with E-state index in [4.69, 9.17) is 4.74 Å². The summed E-state index contributed by atoms with van der Waals surface area (Å²) >= 11 is 0. The van der Waals surface area contributed by atoms with Crippen molar-refractivity contribution in [2.45, 2.75) is 13.8 Å². The number of hydrogen-bond acceptors (Lipinski definition) is 4. The number of carbonyl (C=O) groups excluding carboxylic acids is 2. The van der Waals surface area contributed by atoms with Crippen LogP contribution in [-0.4, -0.2) is 16.9 Å². The summed E-state index contributed by atoms with van der Waals surface area (Å²) in [6.45, 7) is 4.03. The molecule has 0 radical (unpaired) electrons. The zero-order chi connectivity index (χ0) is 19.1. The summed E-state index contributed by atoms with van der Waals surface area (Å²) in [4.78, 5) is 26.5. The molecule has 0 aliphatic carbocycles. The van der Waals surface area contributed by atoms with E-state index in [9.17, 15) is 14.7 Å². The zero-order valence-corrected chi connectivity index (χ0v) is 14.9. The Balaban J connectivity index is 1.65. The Morgan fingerprint density at radius 1 is 0.741 bits per heavy atom. The third-order valence-corrected chi connectivity index (χ3v) is 4.68. The first-order valence-electron chi connectivity index (χ1n) is 8.51. The van der Waals surface area contributed by atoms with Gasteiger partial charge in [-0.2, -0.15) is 0 Å². The fourth-order valence-electron chi connectivity index (χ4n) is 3.03. The standard InChI is InChI=1S/C22H17NO4/c1-13-3-8-17(11-14(13)2)27-18-9-10-19-20(12-18)22(26)23(21(19)25)15-4-6-16(24)7-5-15/h3-12,24H,1-2H3. The molecule has 1 aliphatic heterocycles. The first kappa shape index (κ1) is 16.8. The Kier molecular flexibility index (Phi) is 3.92. The summed E-state index contributed by atoms with van der Waals surface area (Å²) in [6, 6.07) is 16.6. The Labute approximate surface area is 156 Å². The Morgan fingerprint density at radius 3 is 2.07 bits per heavy atom. The molecule has 0 atom stereocenters. The Bertz CT molecular complexity index is 1070. The van der Waals surface area contributed by atoms with Crippen LogP contribution in [0.5, 0.6) is 17.2 Å². The molecule has 1 N–H and O–H groups in total. The summed E-state index contributed by atoms with van der Waals surface area (Å²) in [6.07, 6.45) is 0. The van der Waals surface area contributed by atoms with Gasteiger partial charge in [0.15, 0.2) is 0 Å². The van der Waals surface area contributed by atoms with Gasteiger partial charge < -0.3 is 9.84 Å². The van der Waals surface area contributed by atoms with Gasteiger partial charge in [-0.05, 0) is 79.6 Å². The Hall–Kier alpha value is -3.60. The summed E-state index contributed by atoms with van der Waals surface area (Å²) in [5.74, 6) is 0.431. The van der Waals surface area contributed by atoms with Crippen LogP contribution in [0.15, 0.2) is 60.7 Å². The van der Waals surface area contributed by atoms with Gasteiger partial charge in [-0.3, -0.25) is 9.59 Å². The second-order valence-electron chi connectivity index (χ2n) is 6.52. The molecule has 0 saturated heterocycles. The van der Waals surface area contributed by atoms with Gasteiger partial charge >= 0.3 is 0 Å². The number of rotatable bonds is 3. The van der Waals surface area contributed by atoms with Crippen molar-refractivity contribution in [3.63, 3.8) is 0 Å². The average Bonchev–Trinajstić information content (AvgIpc) is 2.90. The van der Waals surface area contributed by atoms with Crippen molar-refractivity contribution in [3.05, 3.63) is 82.9 Å². The quantitative estimate of drug-likeness (QED) is 0.694. The highest BCUT2D eigenvalue weighted by molar-refractivity contribution is 6.34. The fourth-order valence-corrected chi connectivity index (χ4v) is 3.03. The van der Waals surface area contributed by atoms with Gasteiger partial charge in [0.25, 0.3) is 11.8 Å². The lowest BCUT2D eigenvalue weighted by Crippen LogP contribution is -2.29. The van der Waals surface area contributed by atoms with Crippen LogP contribution < -0.4 is 9.64 Å². The molecule has 0 bridgehead atoms. The lowest BCUT2D eigenvalue weighted by atomic mass is 10.1. The number of ether oxygens (including phenoxy) is 1. The molecule has 3 aromatic carbocycles. The van der Waals surface area contributed by atoms with Crippen molar-refractivity contribution in [2.75, 3.05) is 4.90 Å². The predicted molar refractivity (Wildman–Crippen MR) is 102 cm³/mol. The van der Waals surface area contributed by atoms with E-state index in [0.29, 0.717) is 28.3 Å². The van der Waals surface area contributed by atoms with E-state index in [1.54, 1.807) is 18.2 Å². The molecule has 134 valence electrons. The van der Waals surface area contributed by atoms with Crippen molar-refractivity contribution >= 4 is 17.5 Å². The van der Waals surface area contributed by atoms with Crippen LogP contribution in [0.25, 0.3) is 0 Å². The SMILES string of the molecule is Cc1ccc(Oc2ccc3c(c2)C(=O)N(c2ccc(O)cc2)C3=O)cc1C. The van der Waals surface area contributed by atoms with Crippen molar-refractivity contribution in [1.29, 1.82) is 0 Å². The van der Waals surface area contributed by atoms with Gasteiger partial charge in [-0.1, -0.05) is 6.07 Å². The molecule has 1 heterocycles. The molecular formula is C22H17NO4. The number of benzene rings is 3. The number of phenols is 1. The monoisotopic (exact) mass is 359 g/mol. The zero-order valence-electron chi connectivity index (χ0n) is 14.9. The molecule has 1 aliphatic rings. The fraction of sp³-hybridized carbons (Fsp3) is 0.0909. The maximum absolute atomic E-state index is 12.8. The number of nitrogens with zero attached hydrogens (tertiary/aromatic N) is 1. The molecule has 5 nitrogen and oxygen atoms in total. The molecule has 5 heteroatoms. The minimum absolute atomic E-state index is 0.0689. The summed E-state index contributed by atoms with van der Waals surface area (Å²) in [7, 11) is 0. The molecule has 0 spiro atoms. The number of aryl methyl sites for hydroxylation is 2. The van der Waals surface area contributed by atoms with Crippen LogP contribution >= 0.6 is 0 Å². The van der Waals surface area contributed by atoms with Gasteiger partial charge in [-0.15, -0.1) is 0 Å². The maximum Gasteiger partial charge on any atom is 0.266 e. The van der Waals surface area contributed by atoms with E-state index in [-0.39, 0.29) is 5.75 Å². The van der Waals surface area contributed by atoms with Crippen LogP contribution in [0.3, 0.4) is 0 Å². The van der Waals surface area contributed by atoms with Crippen LogP contribution in [0.1, 0.15) is 31.8 Å². The van der Waals surface area contributed by atoms with E-state index in [1.807, 2.05) is 32.0 Å². The summed E-state index contributed by atoms with van der Waals surface area (Å²) in [5.41, 5.74) is 3.32. The summed E-state index contributed by atoms with van der Waals surface area (Å²) in [5, 5.41) is 9.41. The molecule has 2 amide bonds. The lowest BCUT2D eigenvalue weighted by Gasteiger charge is -2.13. The first-order valence-corrected chi connectivity index (χ1v) is 8.51. The number of phenolic OH excluding ortho intramolecular Hbond substituents is 1. The predicted octanol–water partition coefficient (Wildman–Crippen LogP) is 4.60. The number of anilines is 1. The molecule has 3 aromatic rings. The molecule has 4 rings (SSSR count). The third kappa shape index (κ3) is 2.93. The van der Waals surface area contributed by atoms with Crippen LogP contribution in [0, 0.1) is 13.8 Å². The van der Waals surface area contributed by atoms with Gasteiger partial charge in [0.05, 0.1) is 16.8 Å². The van der Waals surface area contributed by atoms with Crippen LogP contribution in [0.2, 0.25) is 0 Å². The van der Waals surface area contributed by atoms with E-state index in [2.05, 4.69) is 0 Å². The van der Waals surface area contributed by atoms with Gasteiger partial charge in [0, 0.05) is 0 Å². The van der Waals surface area contributed by atoms with Crippen molar-refractivity contribution in [2.24, 2.45) is 0 Å².